The molecule has 2 atom stereocenters. The van der Waals surface area contributed by atoms with E-state index in [0.29, 0.717) is 18.1 Å². The Morgan fingerprint density at radius 1 is 1.24 bits per heavy atom. The zero-order valence-corrected chi connectivity index (χ0v) is 21.6. The van der Waals surface area contributed by atoms with E-state index in [0.717, 1.165) is 30.5 Å². The van der Waals surface area contributed by atoms with Crippen LogP contribution in [0.15, 0.2) is 42.5 Å². The Labute approximate surface area is 218 Å². The number of nitrogens with zero attached hydrogens (tertiary/aromatic N) is 1. The number of alkyl halides is 3. The van der Waals surface area contributed by atoms with E-state index in [2.05, 4.69) is 23.2 Å². The lowest BCUT2D eigenvalue weighted by Gasteiger charge is -2.50. The van der Waals surface area contributed by atoms with E-state index in [9.17, 15) is 4.79 Å². The van der Waals surface area contributed by atoms with Crippen molar-refractivity contribution in [2.75, 3.05) is 26.8 Å². The van der Waals surface area contributed by atoms with Crippen LogP contribution >= 0.6 is 46.4 Å². The van der Waals surface area contributed by atoms with Crippen LogP contribution in [0.25, 0.3) is 10.9 Å². The zero-order valence-electron chi connectivity index (χ0n) is 18.5. The van der Waals surface area contributed by atoms with E-state index in [4.69, 9.17) is 55.9 Å². The van der Waals surface area contributed by atoms with Crippen LogP contribution in [0, 0.1) is 5.92 Å². The van der Waals surface area contributed by atoms with Gasteiger partial charge in [0.15, 0.2) is 0 Å². The van der Waals surface area contributed by atoms with Gasteiger partial charge in [-0.15, -0.1) is 0 Å². The molecule has 1 N–H and O–H groups in total. The summed E-state index contributed by atoms with van der Waals surface area (Å²) in [5.41, 5.74) is 4.61. The summed E-state index contributed by atoms with van der Waals surface area (Å²) < 4.78 is 9.18. The highest BCUT2D eigenvalue weighted by molar-refractivity contribution is 6.67. The molecule has 5 rings (SSSR count). The molecule has 0 spiro atoms. The number of rotatable bonds is 3. The Morgan fingerprint density at radius 2 is 2.06 bits per heavy atom. The van der Waals surface area contributed by atoms with Crippen LogP contribution in [0.1, 0.15) is 23.2 Å². The summed E-state index contributed by atoms with van der Waals surface area (Å²) >= 11 is 23.6. The molecule has 1 aromatic heterocycles. The number of nitrogens with one attached hydrogen (secondary N) is 1. The number of hydrogen-bond donors (Lipinski definition) is 1. The van der Waals surface area contributed by atoms with Gasteiger partial charge in [-0.2, -0.15) is 0 Å². The minimum absolute atomic E-state index is 0.155. The molecule has 2 aliphatic rings. The number of fused-ring (bicyclic) bond motifs is 4. The smallest absolute Gasteiger partial charge is 0.409 e. The molecule has 9 heteroatoms. The molecular formula is C25H24Cl4N2O3. The number of hydrogen-bond acceptors (Lipinski definition) is 3. The summed E-state index contributed by atoms with van der Waals surface area (Å²) in [6, 6.07) is 14.2. The third-order valence-corrected chi connectivity index (χ3v) is 7.77. The fraction of sp³-hybridized carbons (Fsp3) is 0.400. The Kier molecular flexibility index (Phi) is 6.34. The average Bonchev–Trinajstić information content (AvgIpc) is 3.15. The lowest BCUT2D eigenvalue weighted by molar-refractivity contribution is 0.0539. The maximum absolute atomic E-state index is 12.8. The van der Waals surface area contributed by atoms with Gasteiger partial charge in [-0.25, -0.2) is 4.79 Å². The maximum Gasteiger partial charge on any atom is 0.409 e. The second-order valence-electron chi connectivity index (χ2n) is 9.10. The molecule has 2 aromatic carbocycles. The van der Waals surface area contributed by atoms with Gasteiger partial charge < -0.3 is 19.4 Å². The predicted octanol–water partition coefficient (Wildman–Crippen LogP) is 6.70. The van der Waals surface area contributed by atoms with Crippen LogP contribution < -0.4 is 4.74 Å². The average molecular weight is 542 g/mol. The Balaban J connectivity index is 1.52. The van der Waals surface area contributed by atoms with Crippen LogP contribution in [-0.4, -0.2) is 46.6 Å². The van der Waals surface area contributed by atoms with Crippen LogP contribution in [0.4, 0.5) is 4.79 Å². The zero-order chi connectivity index (χ0) is 24.1. The summed E-state index contributed by atoms with van der Waals surface area (Å²) in [5.74, 6) is 1.00. The lowest BCUT2D eigenvalue weighted by Crippen LogP contribution is -2.55. The van der Waals surface area contributed by atoms with Crippen molar-refractivity contribution in [3.8, 4) is 5.75 Å². The minimum Gasteiger partial charge on any atom is -0.497 e. The monoisotopic (exact) mass is 540 g/mol. The molecule has 1 fully saturated rings. The highest BCUT2D eigenvalue weighted by Crippen LogP contribution is 2.49. The number of aromatic nitrogens is 1. The largest absolute Gasteiger partial charge is 0.497 e. The third-order valence-electron chi connectivity index (χ3n) is 7.21. The topological polar surface area (TPSA) is 54.6 Å². The number of piperidine rings is 1. The van der Waals surface area contributed by atoms with E-state index >= 15 is 0 Å². The molecule has 34 heavy (non-hydrogen) atoms. The van der Waals surface area contributed by atoms with Crippen molar-refractivity contribution >= 4 is 63.4 Å². The molecule has 1 saturated heterocycles. The van der Waals surface area contributed by atoms with Gasteiger partial charge in [-0.3, -0.25) is 0 Å². The van der Waals surface area contributed by atoms with Crippen molar-refractivity contribution in [2.45, 2.75) is 28.5 Å². The lowest BCUT2D eigenvalue weighted by atomic mass is 9.59. The van der Waals surface area contributed by atoms with Crippen LogP contribution in [0.5, 0.6) is 5.75 Å². The van der Waals surface area contributed by atoms with Gasteiger partial charge in [0.25, 0.3) is 0 Å². The Bertz CT molecular complexity index is 1240. The second-order valence-corrected chi connectivity index (χ2v) is 12.1. The molecule has 3 aromatic rings. The molecule has 1 amide bonds. The molecule has 180 valence electrons. The number of aromatic amines is 1. The molecule has 0 saturated carbocycles. The van der Waals surface area contributed by atoms with Crippen molar-refractivity contribution in [1.82, 2.24) is 9.88 Å². The van der Waals surface area contributed by atoms with E-state index in [1.54, 1.807) is 12.0 Å². The van der Waals surface area contributed by atoms with Gasteiger partial charge in [0.2, 0.25) is 3.79 Å². The normalized spacial score (nSPS) is 22.3. The minimum atomic E-state index is -1.64. The summed E-state index contributed by atoms with van der Waals surface area (Å²) in [7, 11) is 1.68. The van der Waals surface area contributed by atoms with Crippen molar-refractivity contribution in [3.05, 3.63) is 64.3 Å². The van der Waals surface area contributed by atoms with Crippen LogP contribution in [0.2, 0.25) is 5.02 Å². The first-order valence-electron chi connectivity index (χ1n) is 11.1. The number of ether oxygens (including phenoxy) is 2. The van der Waals surface area contributed by atoms with Crippen molar-refractivity contribution in [1.29, 1.82) is 0 Å². The van der Waals surface area contributed by atoms with Gasteiger partial charge in [0.05, 0.1) is 7.11 Å². The summed E-state index contributed by atoms with van der Waals surface area (Å²) in [6.45, 7) is 0.815. The van der Waals surface area contributed by atoms with Gasteiger partial charge >= 0.3 is 6.09 Å². The third kappa shape index (κ3) is 4.44. The predicted molar refractivity (Wildman–Crippen MR) is 137 cm³/mol. The number of carbonyl (C=O) groups is 1. The number of amides is 1. The van der Waals surface area contributed by atoms with E-state index in [1.165, 1.54) is 22.2 Å². The maximum atomic E-state index is 12.8. The summed E-state index contributed by atoms with van der Waals surface area (Å²) in [6.07, 6.45) is 1.98. The molecule has 1 aliphatic carbocycles. The fourth-order valence-corrected chi connectivity index (χ4v) is 5.94. The first kappa shape index (κ1) is 23.9. The molecule has 1 unspecified atom stereocenters. The quantitative estimate of drug-likeness (QED) is 0.375. The van der Waals surface area contributed by atoms with Crippen molar-refractivity contribution < 1.29 is 14.3 Å². The van der Waals surface area contributed by atoms with Gasteiger partial charge in [-0.05, 0) is 60.6 Å². The van der Waals surface area contributed by atoms with E-state index < -0.39 is 9.89 Å². The first-order chi connectivity index (χ1) is 16.2. The molecule has 5 nitrogen and oxygen atoms in total. The Morgan fingerprint density at radius 3 is 2.82 bits per heavy atom. The highest BCUT2D eigenvalue weighted by atomic mass is 35.6. The van der Waals surface area contributed by atoms with Crippen LogP contribution in [0.3, 0.4) is 0 Å². The fourth-order valence-electron chi connectivity index (χ4n) is 5.61. The van der Waals surface area contributed by atoms with E-state index in [1.807, 2.05) is 24.3 Å². The molecule has 0 radical (unpaired) electrons. The summed E-state index contributed by atoms with van der Waals surface area (Å²) in [4.78, 5) is 18.1. The molecule has 1 aliphatic heterocycles. The van der Waals surface area contributed by atoms with Gasteiger partial charge in [0.1, 0.15) is 12.4 Å². The summed E-state index contributed by atoms with van der Waals surface area (Å²) in [5, 5.41) is 1.88. The number of halogens is 4. The number of carbonyl (C=O) groups excluding carboxylic acids is 1. The van der Waals surface area contributed by atoms with E-state index in [-0.39, 0.29) is 17.9 Å². The SMILES string of the molecule is COc1cccc([C@]23CCN(C(=O)OCC(Cl)(Cl)Cl)CC2Cc2c([nH]c4cc(Cl)ccc24)C3)c1. The number of H-pyrrole nitrogens is 1. The van der Waals surface area contributed by atoms with Crippen molar-refractivity contribution in [3.63, 3.8) is 0 Å². The number of benzene rings is 2. The standard InChI is InChI=1S/C25H24Cl4N2O3/c1-33-18-4-2-3-15(9-18)24-7-8-31(23(32)34-14-25(27,28)29)13-16(24)10-20-19-6-5-17(26)11-21(19)30-22(20)12-24/h2-6,9,11,16,30H,7-8,10,12-14H2,1H3/t16?,24-/m1/s1. The number of likely N-dealkylation sites (tertiary alicyclic amines) is 1. The van der Waals surface area contributed by atoms with Crippen LogP contribution in [-0.2, 0) is 23.0 Å². The molecular weight excluding hydrogens is 518 g/mol. The first-order valence-corrected chi connectivity index (χ1v) is 12.6. The highest BCUT2D eigenvalue weighted by Gasteiger charge is 2.49. The molecule has 2 heterocycles. The second kappa shape index (κ2) is 9.02. The van der Waals surface area contributed by atoms with Gasteiger partial charge in [-0.1, -0.05) is 64.6 Å². The Hall–Kier alpha value is -1.79. The van der Waals surface area contributed by atoms with Gasteiger partial charge in [0, 0.05) is 40.1 Å². The van der Waals surface area contributed by atoms with Crippen molar-refractivity contribution in [2.24, 2.45) is 5.92 Å². The number of methoxy groups -OCH3 is 1. The molecule has 0 bridgehead atoms.